The zero-order valence-corrected chi connectivity index (χ0v) is 11.3. The Kier molecular flexibility index (Phi) is 4.15. The van der Waals surface area contributed by atoms with E-state index in [0.29, 0.717) is 11.2 Å². The highest BCUT2D eigenvalue weighted by molar-refractivity contribution is 6.29. The number of nitrogens with zero attached hydrogens (tertiary/aromatic N) is 3. The van der Waals surface area contributed by atoms with Crippen molar-refractivity contribution in [3.8, 4) is 0 Å². The fraction of sp³-hybridized carbons (Fsp3) is 0.286. The molecule has 0 bridgehead atoms. The molecule has 3 nitrogen and oxygen atoms in total. The quantitative estimate of drug-likeness (QED) is 0.843. The summed E-state index contributed by atoms with van der Waals surface area (Å²) >= 11 is 5.90. The summed E-state index contributed by atoms with van der Waals surface area (Å²) in [7, 11) is 0. The van der Waals surface area contributed by atoms with Gasteiger partial charge in [-0.1, -0.05) is 41.9 Å². The van der Waals surface area contributed by atoms with Crippen molar-refractivity contribution in [2.75, 3.05) is 4.90 Å². The molecule has 1 aromatic carbocycles. The van der Waals surface area contributed by atoms with Crippen molar-refractivity contribution in [3.05, 3.63) is 53.4 Å². The van der Waals surface area contributed by atoms with Crippen LogP contribution in [0, 0.1) is 0 Å². The molecule has 0 saturated carbocycles. The van der Waals surface area contributed by atoms with Crippen LogP contribution in [0.2, 0.25) is 5.15 Å². The van der Waals surface area contributed by atoms with Gasteiger partial charge in [0.05, 0.1) is 12.4 Å². The van der Waals surface area contributed by atoms with Crippen LogP contribution in [0.4, 0.5) is 5.82 Å². The number of hydrogen-bond acceptors (Lipinski definition) is 3. The van der Waals surface area contributed by atoms with Crippen molar-refractivity contribution >= 4 is 17.4 Å². The SMILES string of the molecule is CC(C)N(Cc1ccccc1)c1cncc(Cl)n1. The zero-order chi connectivity index (χ0) is 13.0. The van der Waals surface area contributed by atoms with Gasteiger partial charge in [0.25, 0.3) is 0 Å². The lowest BCUT2D eigenvalue weighted by Crippen LogP contribution is -2.31. The number of anilines is 1. The molecule has 0 aliphatic rings. The van der Waals surface area contributed by atoms with Gasteiger partial charge in [-0.05, 0) is 19.4 Å². The molecule has 0 spiro atoms. The van der Waals surface area contributed by atoms with E-state index >= 15 is 0 Å². The van der Waals surface area contributed by atoms with Gasteiger partial charge in [-0.15, -0.1) is 0 Å². The van der Waals surface area contributed by atoms with Crippen molar-refractivity contribution in [2.45, 2.75) is 26.4 Å². The summed E-state index contributed by atoms with van der Waals surface area (Å²) in [5, 5.41) is 0.422. The van der Waals surface area contributed by atoms with Crippen molar-refractivity contribution in [3.63, 3.8) is 0 Å². The largest absolute Gasteiger partial charge is 0.349 e. The minimum absolute atomic E-state index is 0.331. The molecule has 0 aliphatic heterocycles. The van der Waals surface area contributed by atoms with Gasteiger partial charge in [-0.3, -0.25) is 4.98 Å². The molecule has 1 heterocycles. The molecular formula is C14H16ClN3. The lowest BCUT2D eigenvalue weighted by atomic mass is 10.2. The van der Waals surface area contributed by atoms with Gasteiger partial charge in [0.15, 0.2) is 0 Å². The van der Waals surface area contributed by atoms with E-state index in [2.05, 4.69) is 40.8 Å². The van der Waals surface area contributed by atoms with Crippen LogP contribution in [0.3, 0.4) is 0 Å². The third kappa shape index (κ3) is 3.20. The average Bonchev–Trinajstić information content (AvgIpc) is 2.37. The molecule has 1 aromatic heterocycles. The van der Waals surface area contributed by atoms with Crippen LogP contribution in [-0.4, -0.2) is 16.0 Å². The number of benzene rings is 1. The molecule has 0 saturated heterocycles. The van der Waals surface area contributed by atoms with Crippen LogP contribution in [-0.2, 0) is 6.54 Å². The molecule has 0 atom stereocenters. The van der Waals surface area contributed by atoms with Crippen molar-refractivity contribution in [2.24, 2.45) is 0 Å². The second-order valence-electron chi connectivity index (χ2n) is 4.41. The standard InChI is InChI=1S/C14H16ClN3/c1-11(2)18(10-12-6-4-3-5-7-12)14-9-16-8-13(15)17-14/h3-9,11H,10H2,1-2H3. The van der Waals surface area contributed by atoms with Crippen molar-refractivity contribution < 1.29 is 0 Å². The monoisotopic (exact) mass is 261 g/mol. The second kappa shape index (κ2) is 5.83. The van der Waals surface area contributed by atoms with Gasteiger partial charge in [0, 0.05) is 12.6 Å². The summed E-state index contributed by atoms with van der Waals surface area (Å²) in [6.45, 7) is 5.06. The van der Waals surface area contributed by atoms with Crippen LogP contribution in [0.15, 0.2) is 42.7 Å². The first kappa shape index (κ1) is 12.8. The van der Waals surface area contributed by atoms with E-state index in [0.717, 1.165) is 12.4 Å². The lowest BCUT2D eigenvalue weighted by Gasteiger charge is -2.27. The third-order valence-corrected chi connectivity index (χ3v) is 2.89. The van der Waals surface area contributed by atoms with E-state index in [1.54, 1.807) is 12.4 Å². The summed E-state index contributed by atoms with van der Waals surface area (Å²) < 4.78 is 0. The summed E-state index contributed by atoms with van der Waals surface area (Å²) in [6.07, 6.45) is 3.29. The van der Waals surface area contributed by atoms with E-state index in [-0.39, 0.29) is 0 Å². The first-order chi connectivity index (χ1) is 8.66. The molecule has 4 heteroatoms. The van der Waals surface area contributed by atoms with Gasteiger partial charge in [-0.25, -0.2) is 4.98 Å². The Morgan fingerprint density at radius 3 is 2.50 bits per heavy atom. The first-order valence-electron chi connectivity index (χ1n) is 5.95. The number of halogens is 1. The van der Waals surface area contributed by atoms with E-state index < -0.39 is 0 Å². The van der Waals surface area contributed by atoms with E-state index in [1.165, 1.54) is 5.56 Å². The molecule has 18 heavy (non-hydrogen) atoms. The molecule has 2 aromatic rings. The van der Waals surface area contributed by atoms with Gasteiger partial charge < -0.3 is 4.90 Å². The van der Waals surface area contributed by atoms with Crippen LogP contribution in [0.25, 0.3) is 0 Å². The predicted molar refractivity (Wildman–Crippen MR) is 74.8 cm³/mol. The molecule has 0 radical (unpaired) electrons. The van der Waals surface area contributed by atoms with Crippen LogP contribution in [0.1, 0.15) is 19.4 Å². The van der Waals surface area contributed by atoms with Gasteiger partial charge >= 0.3 is 0 Å². The highest BCUT2D eigenvalue weighted by atomic mass is 35.5. The van der Waals surface area contributed by atoms with Gasteiger partial charge in [-0.2, -0.15) is 0 Å². The maximum Gasteiger partial charge on any atom is 0.149 e. The maximum absolute atomic E-state index is 5.90. The second-order valence-corrected chi connectivity index (χ2v) is 4.79. The molecule has 0 unspecified atom stereocenters. The Balaban J connectivity index is 2.24. The summed E-state index contributed by atoms with van der Waals surface area (Å²) in [6, 6.07) is 10.6. The van der Waals surface area contributed by atoms with E-state index in [1.807, 2.05) is 18.2 Å². The zero-order valence-electron chi connectivity index (χ0n) is 10.5. The van der Waals surface area contributed by atoms with Crippen molar-refractivity contribution in [1.82, 2.24) is 9.97 Å². The van der Waals surface area contributed by atoms with Crippen molar-refractivity contribution in [1.29, 1.82) is 0 Å². The highest BCUT2D eigenvalue weighted by Gasteiger charge is 2.13. The maximum atomic E-state index is 5.90. The molecule has 0 aliphatic carbocycles. The Hall–Kier alpha value is -1.61. The normalized spacial score (nSPS) is 10.7. The minimum atomic E-state index is 0.331. The Labute approximate surface area is 112 Å². The summed E-state index contributed by atoms with van der Waals surface area (Å²) in [4.78, 5) is 10.6. The summed E-state index contributed by atoms with van der Waals surface area (Å²) in [5.74, 6) is 0.807. The molecule has 2 rings (SSSR count). The molecular weight excluding hydrogens is 246 g/mol. The number of hydrogen-bond donors (Lipinski definition) is 0. The van der Waals surface area contributed by atoms with E-state index in [9.17, 15) is 0 Å². The minimum Gasteiger partial charge on any atom is -0.349 e. The smallest absolute Gasteiger partial charge is 0.149 e. The molecule has 0 amide bonds. The Bertz CT molecular complexity index is 499. The topological polar surface area (TPSA) is 29.0 Å². The Morgan fingerprint density at radius 1 is 1.17 bits per heavy atom. The first-order valence-corrected chi connectivity index (χ1v) is 6.32. The average molecular weight is 262 g/mol. The lowest BCUT2D eigenvalue weighted by molar-refractivity contribution is 0.670. The molecule has 0 N–H and O–H groups in total. The summed E-state index contributed by atoms with van der Waals surface area (Å²) in [5.41, 5.74) is 1.24. The van der Waals surface area contributed by atoms with Crippen LogP contribution in [0.5, 0.6) is 0 Å². The highest BCUT2D eigenvalue weighted by Crippen LogP contribution is 2.18. The third-order valence-electron chi connectivity index (χ3n) is 2.71. The molecule has 94 valence electrons. The fourth-order valence-corrected chi connectivity index (χ4v) is 1.92. The van der Waals surface area contributed by atoms with Gasteiger partial charge in [0.2, 0.25) is 0 Å². The van der Waals surface area contributed by atoms with Crippen LogP contribution >= 0.6 is 11.6 Å². The predicted octanol–water partition coefficient (Wildman–Crippen LogP) is 3.55. The Morgan fingerprint density at radius 2 is 1.89 bits per heavy atom. The van der Waals surface area contributed by atoms with Crippen LogP contribution < -0.4 is 4.90 Å². The number of rotatable bonds is 4. The van der Waals surface area contributed by atoms with Gasteiger partial charge in [0.1, 0.15) is 11.0 Å². The number of aromatic nitrogens is 2. The fourth-order valence-electron chi connectivity index (χ4n) is 1.78. The molecule has 0 fully saturated rings. The van der Waals surface area contributed by atoms with E-state index in [4.69, 9.17) is 11.6 Å².